The number of urea groups is 1. The zero-order valence-corrected chi connectivity index (χ0v) is 9.73. The predicted molar refractivity (Wildman–Crippen MR) is 59.8 cm³/mol. The Balaban J connectivity index is 2.06. The van der Waals surface area contributed by atoms with E-state index in [1.54, 1.807) is 11.8 Å². The molecule has 2 fully saturated rings. The largest absolute Gasteiger partial charge is 0.329 e. The summed E-state index contributed by atoms with van der Waals surface area (Å²) in [6.45, 7) is 0.752. The first kappa shape index (κ1) is 10.8. The molecular formula is C10H16N2O2S. The fraction of sp³-hybridized carbons (Fsp3) is 0.800. The molecular weight excluding hydrogens is 212 g/mol. The summed E-state index contributed by atoms with van der Waals surface area (Å²) in [6, 6.07) is -0.222. The number of hydrogen-bond acceptors (Lipinski definition) is 3. The van der Waals surface area contributed by atoms with Crippen LogP contribution in [0.1, 0.15) is 25.7 Å². The molecule has 5 heteroatoms. The van der Waals surface area contributed by atoms with Crippen LogP contribution in [0.4, 0.5) is 4.79 Å². The molecule has 1 heterocycles. The van der Waals surface area contributed by atoms with Crippen LogP contribution in [-0.2, 0) is 4.79 Å². The van der Waals surface area contributed by atoms with Crippen molar-refractivity contribution in [1.82, 2.24) is 10.2 Å². The lowest BCUT2D eigenvalue weighted by Gasteiger charge is -2.30. The normalized spacial score (nSPS) is 24.7. The third-order valence-corrected chi connectivity index (χ3v) is 4.73. The summed E-state index contributed by atoms with van der Waals surface area (Å²) < 4.78 is 0.122. The van der Waals surface area contributed by atoms with E-state index < -0.39 is 0 Å². The highest BCUT2D eigenvalue weighted by Crippen LogP contribution is 2.41. The van der Waals surface area contributed by atoms with Gasteiger partial charge in [0.25, 0.3) is 0 Å². The topological polar surface area (TPSA) is 49.4 Å². The van der Waals surface area contributed by atoms with Crippen molar-refractivity contribution >= 4 is 23.7 Å². The Bertz CT molecular complexity index is 271. The van der Waals surface area contributed by atoms with E-state index in [1.165, 1.54) is 17.7 Å². The van der Waals surface area contributed by atoms with E-state index >= 15 is 0 Å². The van der Waals surface area contributed by atoms with Crippen LogP contribution in [0.2, 0.25) is 0 Å². The summed E-state index contributed by atoms with van der Waals surface area (Å²) in [6.07, 6.45) is 6.73. The highest BCUT2D eigenvalue weighted by atomic mass is 32.2. The van der Waals surface area contributed by atoms with E-state index in [4.69, 9.17) is 0 Å². The fourth-order valence-corrected chi connectivity index (χ4v) is 3.30. The molecule has 1 N–H and O–H groups in total. The van der Waals surface area contributed by atoms with Gasteiger partial charge in [0, 0.05) is 11.3 Å². The summed E-state index contributed by atoms with van der Waals surface area (Å²) in [5, 5.41) is 2.56. The van der Waals surface area contributed by atoms with Gasteiger partial charge in [-0.2, -0.15) is 11.8 Å². The van der Waals surface area contributed by atoms with Crippen molar-refractivity contribution in [2.75, 3.05) is 19.3 Å². The molecule has 84 valence electrons. The molecule has 15 heavy (non-hydrogen) atoms. The van der Waals surface area contributed by atoms with Gasteiger partial charge < -0.3 is 5.32 Å². The quantitative estimate of drug-likeness (QED) is 0.739. The van der Waals surface area contributed by atoms with Crippen molar-refractivity contribution in [3.8, 4) is 0 Å². The third kappa shape index (κ3) is 1.97. The van der Waals surface area contributed by atoms with Crippen LogP contribution in [0.5, 0.6) is 0 Å². The van der Waals surface area contributed by atoms with Crippen LogP contribution >= 0.6 is 11.8 Å². The van der Waals surface area contributed by atoms with Gasteiger partial charge in [-0.15, -0.1) is 0 Å². The number of imide groups is 1. The average molecular weight is 228 g/mol. The van der Waals surface area contributed by atoms with E-state index in [1.807, 2.05) is 0 Å². The summed E-state index contributed by atoms with van der Waals surface area (Å²) in [5.41, 5.74) is 0. The van der Waals surface area contributed by atoms with Gasteiger partial charge in [0.1, 0.15) is 0 Å². The number of thioether (sulfide) groups is 1. The molecule has 2 aliphatic rings. The van der Waals surface area contributed by atoms with Crippen molar-refractivity contribution in [2.24, 2.45) is 0 Å². The summed E-state index contributed by atoms with van der Waals surface area (Å²) in [7, 11) is 0. The SMILES string of the molecule is CSC1(CN2C(=O)CNC2=O)CCCC1. The van der Waals surface area contributed by atoms with E-state index in [0.717, 1.165) is 12.8 Å². The van der Waals surface area contributed by atoms with Crippen molar-refractivity contribution in [3.05, 3.63) is 0 Å². The summed E-state index contributed by atoms with van der Waals surface area (Å²) in [5.74, 6) is -0.0830. The molecule has 0 radical (unpaired) electrons. The summed E-state index contributed by atoms with van der Waals surface area (Å²) in [4.78, 5) is 24.3. The number of rotatable bonds is 3. The molecule has 0 aromatic rings. The molecule has 2 rings (SSSR count). The van der Waals surface area contributed by atoms with Crippen LogP contribution < -0.4 is 5.32 Å². The van der Waals surface area contributed by atoms with Gasteiger partial charge in [-0.25, -0.2) is 4.79 Å². The van der Waals surface area contributed by atoms with Gasteiger partial charge in [0.05, 0.1) is 6.54 Å². The maximum Gasteiger partial charge on any atom is 0.324 e. The number of nitrogens with zero attached hydrogens (tertiary/aromatic N) is 1. The molecule has 1 aliphatic carbocycles. The van der Waals surface area contributed by atoms with Crippen LogP contribution in [0.15, 0.2) is 0 Å². The highest BCUT2D eigenvalue weighted by Gasteiger charge is 2.40. The monoisotopic (exact) mass is 228 g/mol. The van der Waals surface area contributed by atoms with Gasteiger partial charge in [0.15, 0.2) is 0 Å². The third-order valence-electron chi connectivity index (χ3n) is 3.33. The Morgan fingerprint density at radius 2 is 2.07 bits per heavy atom. The second-order valence-corrected chi connectivity index (χ2v) is 5.51. The molecule has 3 amide bonds. The molecule has 0 spiro atoms. The van der Waals surface area contributed by atoms with Gasteiger partial charge in [-0.05, 0) is 19.1 Å². The molecule has 0 bridgehead atoms. The number of nitrogens with one attached hydrogen (secondary N) is 1. The average Bonchev–Trinajstić information content (AvgIpc) is 2.81. The van der Waals surface area contributed by atoms with Crippen molar-refractivity contribution < 1.29 is 9.59 Å². The Morgan fingerprint density at radius 3 is 2.53 bits per heavy atom. The Labute approximate surface area is 93.8 Å². The predicted octanol–water partition coefficient (Wildman–Crippen LogP) is 1.21. The van der Waals surface area contributed by atoms with Crippen molar-refractivity contribution in [1.29, 1.82) is 0 Å². The number of hydrogen-bond donors (Lipinski definition) is 1. The number of carbonyl (C=O) groups excluding carboxylic acids is 2. The highest BCUT2D eigenvalue weighted by molar-refractivity contribution is 8.00. The van der Waals surface area contributed by atoms with Crippen molar-refractivity contribution in [2.45, 2.75) is 30.4 Å². The molecule has 1 saturated carbocycles. The van der Waals surface area contributed by atoms with Crippen LogP contribution in [0, 0.1) is 0 Å². The van der Waals surface area contributed by atoms with E-state index in [0.29, 0.717) is 6.54 Å². The lowest BCUT2D eigenvalue weighted by molar-refractivity contribution is -0.125. The minimum atomic E-state index is -0.222. The van der Waals surface area contributed by atoms with Gasteiger partial charge in [-0.3, -0.25) is 9.69 Å². The van der Waals surface area contributed by atoms with Crippen LogP contribution in [0.3, 0.4) is 0 Å². The van der Waals surface area contributed by atoms with E-state index in [2.05, 4.69) is 11.6 Å². The minimum Gasteiger partial charge on any atom is -0.329 e. The zero-order valence-electron chi connectivity index (χ0n) is 8.91. The first-order valence-electron chi connectivity index (χ1n) is 5.30. The second-order valence-electron chi connectivity index (χ2n) is 4.23. The molecule has 4 nitrogen and oxygen atoms in total. The van der Waals surface area contributed by atoms with Gasteiger partial charge in [-0.1, -0.05) is 12.8 Å². The molecule has 1 saturated heterocycles. The summed E-state index contributed by atoms with van der Waals surface area (Å²) >= 11 is 1.80. The minimum absolute atomic E-state index is 0.0830. The maximum atomic E-state index is 11.5. The molecule has 0 aromatic carbocycles. The first-order chi connectivity index (χ1) is 7.17. The Morgan fingerprint density at radius 1 is 1.40 bits per heavy atom. The van der Waals surface area contributed by atoms with Crippen LogP contribution in [-0.4, -0.2) is 40.9 Å². The van der Waals surface area contributed by atoms with E-state index in [9.17, 15) is 9.59 Å². The lowest BCUT2D eigenvalue weighted by atomic mass is 10.1. The zero-order chi connectivity index (χ0) is 10.9. The maximum absolute atomic E-state index is 11.5. The number of amides is 3. The Kier molecular flexibility index (Phi) is 2.91. The molecule has 0 aromatic heterocycles. The lowest BCUT2D eigenvalue weighted by Crippen LogP contribution is -2.42. The standard InChI is InChI=1S/C10H16N2O2S/c1-15-10(4-2-3-5-10)7-12-8(13)6-11-9(12)14/h2-7H2,1H3,(H,11,14). The van der Waals surface area contributed by atoms with Gasteiger partial charge >= 0.3 is 6.03 Å². The first-order valence-corrected chi connectivity index (χ1v) is 6.53. The second kappa shape index (κ2) is 4.04. The molecule has 1 aliphatic heterocycles. The van der Waals surface area contributed by atoms with Crippen molar-refractivity contribution in [3.63, 3.8) is 0 Å². The Hall–Kier alpha value is -0.710. The fourth-order valence-electron chi connectivity index (χ4n) is 2.35. The van der Waals surface area contributed by atoms with E-state index in [-0.39, 0.29) is 23.2 Å². The molecule has 0 atom stereocenters. The van der Waals surface area contributed by atoms with Crippen LogP contribution in [0.25, 0.3) is 0 Å². The number of carbonyl (C=O) groups is 2. The smallest absolute Gasteiger partial charge is 0.324 e. The van der Waals surface area contributed by atoms with Gasteiger partial charge in [0.2, 0.25) is 5.91 Å². The molecule has 0 unspecified atom stereocenters.